The maximum absolute atomic E-state index is 9.82. The lowest BCUT2D eigenvalue weighted by Crippen LogP contribution is -1.73. The minimum atomic E-state index is 0.0764. The van der Waals surface area contributed by atoms with E-state index in [2.05, 4.69) is 64.7 Å². The molecule has 2 rings (SSSR count). The molecular formula is C12H7Br2IN2O. The van der Waals surface area contributed by atoms with Crippen molar-refractivity contribution in [3.05, 3.63) is 48.9 Å². The summed E-state index contributed by atoms with van der Waals surface area (Å²) in [5, 5.41) is 17.9. The lowest BCUT2D eigenvalue weighted by molar-refractivity contribution is 0.473. The second kappa shape index (κ2) is 6.12. The molecule has 0 aliphatic rings. The zero-order valence-electron chi connectivity index (χ0n) is 8.94. The van der Waals surface area contributed by atoms with Gasteiger partial charge in [0.15, 0.2) is 5.75 Å². The van der Waals surface area contributed by atoms with Gasteiger partial charge >= 0.3 is 0 Å². The molecule has 0 spiro atoms. The van der Waals surface area contributed by atoms with Crippen LogP contribution in [0, 0.1) is 3.57 Å². The van der Waals surface area contributed by atoms with Gasteiger partial charge in [-0.05, 0) is 74.9 Å². The van der Waals surface area contributed by atoms with Gasteiger partial charge in [0.1, 0.15) is 5.69 Å². The second-order valence-electron chi connectivity index (χ2n) is 3.43. The predicted molar refractivity (Wildman–Crippen MR) is 86.8 cm³/mol. The number of nitrogens with zero attached hydrogens (tertiary/aromatic N) is 2. The molecule has 0 unspecified atom stereocenters. The minimum Gasteiger partial charge on any atom is -0.505 e. The normalized spacial score (nSPS) is 11.1. The molecule has 0 aliphatic heterocycles. The van der Waals surface area contributed by atoms with E-state index >= 15 is 0 Å². The minimum absolute atomic E-state index is 0.0764. The first kappa shape index (κ1) is 14.0. The quantitative estimate of drug-likeness (QED) is 0.419. The Hall–Kier alpha value is -0.470. The molecular weight excluding hydrogens is 475 g/mol. The van der Waals surface area contributed by atoms with E-state index < -0.39 is 0 Å². The first-order chi connectivity index (χ1) is 8.56. The highest BCUT2D eigenvalue weighted by Gasteiger charge is 2.06. The van der Waals surface area contributed by atoms with Crippen molar-refractivity contribution in [2.45, 2.75) is 0 Å². The van der Waals surface area contributed by atoms with Crippen LogP contribution in [0.1, 0.15) is 0 Å². The van der Waals surface area contributed by atoms with E-state index in [1.54, 1.807) is 12.1 Å². The van der Waals surface area contributed by atoms with Gasteiger partial charge < -0.3 is 5.11 Å². The maximum Gasteiger partial charge on any atom is 0.157 e. The summed E-state index contributed by atoms with van der Waals surface area (Å²) in [5.41, 5.74) is 1.15. The van der Waals surface area contributed by atoms with Crippen LogP contribution in [0.3, 0.4) is 0 Å². The summed E-state index contributed by atoms with van der Waals surface area (Å²) in [6.45, 7) is 0. The summed E-state index contributed by atoms with van der Waals surface area (Å²) in [4.78, 5) is 0. The van der Waals surface area contributed by atoms with E-state index in [9.17, 15) is 5.11 Å². The van der Waals surface area contributed by atoms with Crippen LogP contribution >= 0.6 is 54.5 Å². The zero-order valence-corrected chi connectivity index (χ0v) is 14.3. The largest absolute Gasteiger partial charge is 0.505 e. The highest BCUT2D eigenvalue weighted by atomic mass is 127. The molecule has 92 valence electrons. The number of rotatable bonds is 2. The van der Waals surface area contributed by atoms with E-state index in [-0.39, 0.29) is 5.75 Å². The van der Waals surface area contributed by atoms with Gasteiger partial charge in [-0.15, -0.1) is 5.11 Å². The number of phenols is 1. The van der Waals surface area contributed by atoms with Crippen LogP contribution in [-0.4, -0.2) is 5.11 Å². The molecule has 0 amide bonds. The average molecular weight is 482 g/mol. The highest BCUT2D eigenvalue weighted by molar-refractivity contribution is 14.1. The van der Waals surface area contributed by atoms with Gasteiger partial charge in [0, 0.05) is 8.04 Å². The Morgan fingerprint density at radius 3 is 2.33 bits per heavy atom. The molecule has 0 saturated heterocycles. The molecule has 0 saturated carbocycles. The monoisotopic (exact) mass is 480 g/mol. The molecule has 0 aliphatic carbocycles. The van der Waals surface area contributed by atoms with Gasteiger partial charge in [-0.25, -0.2) is 0 Å². The molecule has 0 heterocycles. The number of azo groups is 1. The molecule has 0 fully saturated rings. The SMILES string of the molecule is Oc1c(Br)cc(Br)cc1N=Nc1ccc(I)cc1. The van der Waals surface area contributed by atoms with Crippen molar-refractivity contribution in [2.75, 3.05) is 0 Å². The molecule has 3 nitrogen and oxygen atoms in total. The number of benzene rings is 2. The van der Waals surface area contributed by atoms with Crippen molar-refractivity contribution >= 4 is 65.8 Å². The average Bonchev–Trinajstić information content (AvgIpc) is 2.34. The predicted octanol–water partition coefficient (Wildman–Crippen LogP) is 5.94. The molecule has 0 aromatic heterocycles. The van der Waals surface area contributed by atoms with Gasteiger partial charge in [-0.3, -0.25) is 0 Å². The Labute approximate surface area is 135 Å². The Bertz CT molecular complexity index is 600. The fraction of sp³-hybridized carbons (Fsp3) is 0. The molecule has 0 bridgehead atoms. The molecule has 18 heavy (non-hydrogen) atoms. The van der Waals surface area contributed by atoms with Crippen molar-refractivity contribution in [3.8, 4) is 5.75 Å². The van der Waals surface area contributed by atoms with Crippen LogP contribution in [-0.2, 0) is 0 Å². The maximum atomic E-state index is 9.82. The number of hydrogen-bond acceptors (Lipinski definition) is 3. The van der Waals surface area contributed by atoms with Gasteiger partial charge in [0.05, 0.1) is 10.2 Å². The molecule has 0 radical (unpaired) electrons. The molecule has 6 heteroatoms. The van der Waals surface area contributed by atoms with Crippen LogP contribution in [0.5, 0.6) is 5.75 Å². The summed E-state index contributed by atoms with van der Waals surface area (Å²) in [7, 11) is 0. The van der Waals surface area contributed by atoms with Crippen molar-refractivity contribution < 1.29 is 5.11 Å². The molecule has 2 aromatic rings. The first-order valence-corrected chi connectivity index (χ1v) is 7.58. The summed E-state index contributed by atoms with van der Waals surface area (Å²) >= 11 is 8.81. The number of halogens is 3. The Balaban J connectivity index is 2.31. The summed E-state index contributed by atoms with van der Waals surface area (Å²) in [6.07, 6.45) is 0. The van der Waals surface area contributed by atoms with Crippen LogP contribution in [0.25, 0.3) is 0 Å². The van der Waals surface area contributed by atoms with Crippen LogP contribution in [0.4, 0.5) is 11.4 Å². The third-order valence-electron chi connectivity index (χ3n) is 2.11. The molecule has 0 atom stereocenters. The number of phenolic OH excluding ortho intramolecular Hbond substituents is 1. The van der Waals surface area contributed by atoms with E-state index in [1.807, 2.05) is 24.3 Å². The molecule has 1 N–H and O–H groups in total. The van der Waals surface area contributed by atoms with E-state index in [4.69, 9.17) is 0 Å². The topological polar surface area (TPSA) is 45.0 Å². The smallest absolute Gasteiger partial charge is 0.157 e. The van der Waals surface area contributed by atoms with Gasteiger partial charge in [-0.1, -0.05) is 15.9 Å². The lowest BCUT2D eigenvalue weighted by Gasteiger charge is -2.01. The van der Waals surface area contributed by atoms with E-state index in [0.717, 1.165) is 13.7 Å². The van der Waals surface area contributed by atoms with Crippen molar-refractivity contribution in [2.24, 2.45) is 10.2 Å². The van der Waals surface area contributed by atoms with Crippen molar-refractivity contribution in [1.82, 2.24) is 0 Å². The summed E-state index contributed by atoms with van der Waals surface area (Å²) < 4.78 is 2.54. The fourth-order valence-electron chi connectivity index (χ4n) is 1.25. The molecule has 2 aromatic carbocycles. The summed E-state index contributed by atoms with van der Waals surface area (Å²) in [6, 6.07) is 11.1. The van der Waals surface area contributed by atoms with Crippen LogP contribution in [0.15, 0.2) is 55.6 Å². The number of aromatic hydroxyl groups is 1. The van der Waals surface area contributed by atoms with E-state index in [1.165, 1.54) is 0 Å². The third-order valence-corrected chi connectivity index (χ3v) is 3.89. The van der Waals surface area contributed by atoms with Crippen LogP contribution in [0.2, 0.25) is 0 Å². The standard InChI is InChI=1S/C12H7Br2IN2O/c13-7-5-10(14)12(18)11(6-7)17-16-9-3-1-8(15)2-4-9/h1-6,18H. The van der Waals surface area contributed by atoms with Gasteiger partial charge in [0.2, 0.25) is 0 Å². The zero-order chi connectivity index (χ0) is 13.1. The first-order valence-electron chi connectivity index (χ1n) is 4.91. The Morgan fingerprint density at radius 1 is 1.00 bits per heavy atom. The van der Waals surface area contributed by atoms with Gasteiger partial charge in [-0.2, -0.15) is 5.11 Å². The fourth-order valence-corrected chi connectivity index (χ4v) is 2.81. The second-order valence-corrected chi connectivity index (χ2v) is 6.45. The van der Waals surface area contributed by atoms with Crippen molar-refractivity contribution in [1.29, 1.82) is 0 Å². The lowest BCUT2D eigenvalue weighted by atomic mass is 10.3. The van der Waals surface area contributed by atoms with E-state index in [0.29, 0.717) is 10.2 Å². The Morgan fingerprint density at radius 2 is 1.67 bits per heavy atom. The number of hydrogen-bond donors (Lipinski definition) is 1. The van der Waals surface area contributed by atoms with Crippen LogP contribution < -0.4 is 0 Å². The van der Waals surface area contributed by atoms with Gasteiger partial charge in [0.25, 0.3) is 0 Å². The third kappa shape index (κ3) is 3.52. The van der Waals surface area contributed by atoms with Crippen molar-refractivity contribution in [3.63, 3.8) is 0 Å². The Kier molecular flexibility index (Phi) is 4.74. The highest BCUT2D eigenvalue weighted by Crippen LogP contribution is 2.38. The summed E-state index contributed by atoms with van der Waals surface area (Å²) in [5.74, 6) is 0.0764.